The van der Waals surface area contributed by atoms with Gasteiger partial charge < -0.3 is 10.4 Å². The predicted octanol–water partition coefficient (Wildman–Crippen LogP) is 2.68. The summed E-state index contributed by atoms with van der Waals surface area (Å²) in [6, 6.07) is 10.3. The average molecular weight is 343 g/mol. The van der Waals surface area contributed by atoms with Gasteiger partial charge in [-0.15, -0.1) is 0 Å². The number of nitrogens with zero attached hydrogens (tertiary/aromatic N) is 2. The Morgan fingerprint density at radius 3 is 2.80 bits per heavy atom. The SMILES string of the molecule is O=C(Nc1cccc(CN2CCC(CO)CC2)c1)c1ccnc(F)c1. The minimum Gasteiger partial charge on any atom is -0.396 e. The van der Waals surface area contributed by atoms with Crippen LogP contribution in [0, 0.1) is 11.9 Å². The molecule has 25 heavy (non-hydrogen) atoms. The van der Waals surface area contributed by atoms with Gasteiger partial charge in [0.2, 0.25) is 5.95 Å². The predicted molar refractivity (Wildman–Crippen MR) is 93.7 cm³/mol. The lowest BCUT2D eigenvalue weighted by Crippen LogP contribution is -2.34. The van der Waals surface area contributed by atoms with Crippen molar-refractivity contribution in [3.05, 3.63) is 59.7 Å². The first-order valence-corrected chi connectivity index (χ1v) is 8.49. The summed E-state index contributed by atoms with van der Waals surface area (Å²) in [5, 5.41) is 12.0. The molecule has 1 aromatic heterocycles. The highest BCUT2D eigenvalue weighted by Gasteiger charge is 2.18. The van der Waals surface area contributed by atoms with Gasteiger partial charge in [0.05, 0.1) is 0 Å². The number of hydrogen-bond donors (Lipinski definition) is 2. The molecule has 0 atom stereocenters. The lowest BCUT2D eigenvalue weighted by Gasteiger charge is -2.31. The first-order valence-electron chi connectivity index (χ1n) is 8.49. The lowest BCUT2D eigenvalue weighted by molar-refractivity contribution is 0.102. The van der Waals surface area contributed by atoms with Crippen molar-refractivity contribution in [2.24, 2.45) is 5.92 Å². The molecule has 2 aromatic rings. The third kappa shape index (κ3) is 4.84. The number of amides is 1. The highest BCUT2D eigenvalue weighted by molar-refractivity contribution is 6.04. The Hall–Kier alpha value is -2.31. The molecule has 2 N–H and O–H groups in total. The number of anilines is 1. The Balaban J connectivity index is 1.61. The van der Waals surface area contributed by atoms with Crippen LogP contribution < -0.4 is 5.32 Å². The molecule has 1 fully saturated rings. The molecule has 2 heterocycles. The van der Waals surface area contributed by atoms with E-state index >= 15 is 0 Å². The molecule has 5 nitrogen and oxygen atoms in total. The standard InChI is InChI=1S/C19H22FN3O2/c20-18-11-16(4-7-21-18)19(25)22-17-3-1-2-15(10-17)12-23-8-5-14(13-24)6-9-23/h1-4,7,10-11,14,24H,5-6,8-9,12-13H2,(H,22,25). The number of pyridine rings is 1. The fourth-order valence-corrected chi connectivity index (χ4v) is 3.08. The molecule has 0 unspecified atom stereocenters. The number of piperidine rings is 1. The van der Waals surface area contributed by atoms with Gasteiger partial charge in [0, 0.05) is 36.7 Å². The maximum atomic E-state index is 13.1. The molecule has 0 saturated carbocycles. The van der Waals surface area contributed by atoms with E-state index in [1.807, 2.05) is 24.3 Å². The summed E-state index contributed by atoms with van der Waals surface area (Å²) < 4.78 is 13.1. The highest BCUT2D eigenvalue weighted by Crippen LogP contribution is 2.20. The van der Waals surface area contributed by atoms with E-state index in [9.17, 15) is 14.3 Å². The molecule has 0 aliphatic carbocycles. The van der Waals surface area contributed by atoms with Crippen molar-refractivity contribution in [3.8, 4) is 0 Å². The smallest absolute Gasteiger partial charge is 0.255 e. The van der Waals surface area contributed by atoms with Crippen LogP contribution in [-0.4, -0.2) is 40.6 Å². The van der Waals surface area contributed by atoms with Crippen molar-refractivity contribution in [3.63, 3.8) is 0 Å². The number of benzene rings is 1. The second kappa shape index (κ2) is 8.18. The quantitative estimate of drug-likeness (QED) is 0.819. The molecular formula is C19H22FN3O2. The van der Waals surface area contributed by atoms with Crippen molar-refractivity contribution >= 4 is 11.6 Å². The number of aromatic nitrogens is 1. The van der Waals surface area contributed by atoms with Gasteiger partial charge in [-0.3, -0.25) is 9.69 Å². The van der Waals surface area contributed by atoms with E-state index in [4.69, 9.17) is 0 Å². The van der Waals surface area contributed by atoms with Crippen molar-refractivity contribution in [1.82, 2.24) is 9.88 Å². The van der Waals surface area contributed by atoms with Crippen molar-refractivity contribution < 1.29 is 14.3 Å². The minimum atomic E-state index is -0.673. The molecule has 3 rings (SSSR count). The number of aliphatic hydroxyl groups is 1. The van der Waals surface area contributed by atoms with Gasteiger partial charge in [0.25, 0.3) is 5.91 Å². The normalized spacial score (nSPS) is 15.9. The van der Waals surface area contributed by atoms with E-state index in [1.165, 1.54) is 12.3 Å². The van der Waals surface area contributed by atoms with E-state index in [1.54, 1.807) is 0 Å². The van der Waals surface area contributed by atoms with E-state index in [0.29, 0.717) is 11.6 Å². The van der Waals surface area contributed by atoms with Gasteiger partial charge in [0.15, 0.2) is 0 Å². The molecule has 132 valence electrons. The summed E-state index contributed by atoms with van der Waals surface area (Å²) in [6.45, 7) is 3.02. The first-order chi connectivity index (χ1) is 12.1. The van der Waals surface area contributed by atoms with Crippen LogP contribution in [0.2, 0.25) is 0 Å². The number of likely N-dealkylation sites (tertiary alicyclic amines) is 1. The monoisotopic (exact) mass is 343 g/mol. The maximum absolute atomic E-state index is 13.1. The van der Waals surface area contributed by atoms with Crippen LogP contribution in [0.4, 0.5) is 10.1 Å². The van der Waals surface area contributed by atoms with Gasteiger partial charge in [-0.1, -0.05) is 12.1 Å². The number of carbonyl (C=O) groups is 1. The van der Waals surface area contributed by atoms with Gasteiger partial charge in [-0.05, 0) is 55.6 Å². The molecular weight excluding hydrogens is 321 g/mol. The van der Waals surface area contributed by atoms with E-state index in [0.717, 1.165) is 44.1 Å². The molecule has 1 aromatic carbocycles. The molecule has 0 spiro atoms. The average Bonchev–Trinajstić information content (AvgIpc) is 2.63. The summed E-state index contributed by atoms with van der Waals surface area (Å²) in [5.41, 5.74) is 2.04. The first kappa shape index (κ1) is 17.5. The molecule has 0 radical (unpaired) electrons. The van der Waals surface area contributed by atoms with Crippen LogP contribution >= 0.6 is 0 Å². The number of hydrogen-bond acceptors (Lipinski definition) is 4. The van der Waals surface area contributed by atoms with E-state index in [2.05, 4.69) is 15.2 Å². The largest absolute Gasteiger partial charge is 0.396 e. The molecule has 1 aliphatic rings. The Morgan fingerprint density at radius 2 is 2.08 bits per heavy atom. The molecule has 6 heteroatoms. The summed E-state index contributed by atoms with van der Waals surface area (Å²) >= 11 is 0. The van der Waals surface area contributed by atoms with Gasteiger partial charge in [-0.2, -0.15) is 4.39 Å². The number of nitrogens with one attached hydrogen (secondary N) is 1. The lowest BCUT2D eigenvalue weighted by atomic mass is 9.97. The maximum Gasteiger partial charge on any atom is 0.255 e. The Labute approximate surface area is 146 Å². The zero-order valence-corrected chi connectivity index (χ0v) is 14.0. The molecule has 1 saturated heterocycles. The van der Waals surface area contributed by atoms with Crippen molar-refractivity contribution in [2.45, 2.75) is 19.4 Å². The summed E-state index contributed by atoms with van der Waals surface area (Å²) in [5.74, 6) is -0.613. The van der Waals surface area contributed by atoms with Crippen LogP contribution in [-0.2, 0) is 6.54 Å². The molecule has 0 bridgehead atoms. The Morgan fingerprint density at radius 1 is 1.28 bits per heavy atom. The molecule has 1 aliphatic heterocycles. The fraction of sp³-hybridized carbons (Fsp3) is 0.368. The van der Waals surface area contributed by atoms with Crippen LogP contribution in [0.3, 0.4) is 0 Å². The molecule has 1 amide bonds. The van der Waals surface area contributed by atoms with Gasteiger partial charge >= 0.3 is 0 Å². The van der Waals surface area contributed by atoms with Crippen LogP contribution in [0.5, 0.6) is 0 Å². The Kier molecular flexibility index (Phi) is 5.73. The van der Waals surface area contributed by atoms with Gasteiger partial charge in [-0.25, -0.2) is 4.98 Å². The summed E-state index contributed by atoms with van der Waals surface area (Å²) in [4.78, 5) is 18.0. The zero-order chi connectivity index (χ0) is 17.6. The van der Waals surface area contributed by atoms with E-state index in [-0.39, 0.29) is 18.1 Å². The second-order valence-corrected chi connectivity index (χ2v) is 6.42. The van der Waals surface area contributed by atoms with Crippen LogP contribution in [0.1, 0.15) is 28.8 Å². The van der Waals surface area contributed by atoms with Crippen LogP contribution in [0.25, 0.3) is 0 Å². The van der Waals surface area contributed by atoms with Gasteiger partial charge in [0.1, 0.15) is 0 Å². The highest BCUT2D eigenvalue weighted by atomic mass is 19.1. The summed E-state index contributed by atoms with van der Waals surface area (Å²) in [7, 11) is 0. The third-order valence-electron chi connectivity index (χ3n) is 4.55. The Bertz CT molecular complexity index is 730. The van der Waals surface area contributed by atoms with E-state index < -0.39 is 5.95 Å². The topological polar surface area (TPSA) is 65.5 Å². The third-order valence-corrected chi connectivity index (χ3v) is 4.55. The number of aliphatic hydroxyl groups excluding tert-OH is 1. The number of halogens is 1. The minimum absolute atomic E-state index is 0.240. The zero-order valence-electron chi connectivity index (χ0n) is 14.0. The van der Waals surface area contributed by atoms with Crippen molar-refractivity contribution in [1.29, 1.82) is 0 Å². The van der Waals surface area contributed by atoms with Crippen LogP contribution in [0.15, 0.2) is 42.6 Å². The van der Waals surface area contributed by atoms with Crippen molar-refractivity contribution in [2.75, 3.05) is 25.0 Å². The number of carbonyl (C=O) groups excluding carboxylic acids is 1. The number of rotatable bonds is 5. The summed E-state index contributed by atoms with van der Waals surface area (Å²) in [6.07, 6.45) is 3.30. The second-order valence-electron chi connectivity index (χ2n) is 6.42. The fourth-order valence-electron chi connectivity index (χ4n) is 3.08.